The molecule has 4 N–H and O–H groups in total. The molecule has 4 aromatic rings. The van der Waals surface area contributed by atoms with Crippen molar-refractivity contribution in [3.8, 4) is 17.0 Å². The van der Waals surface area contributed by atoms with Gasteiger partial charge < -0.3 is 20.9 Å². The number of fused-ring (bicyclic) bond motifs is 1. The zero-order valence-electron chi connectivity index (χ0n) is 19.8. The highest BCUT2D eigenvalue weighted by Crippen LogP contribution is 2.36. The maximum atomic E-state index is 13.6. The van der Waals surface area contributed by atoms with Crippen molar-refractivity contribution >= 4 is 22.8 Å². The quantitative estimate of drug-likeness (QED) is 0.376. The average molecular weight is 491 g/mol. The van der Waals surface area contributed by atoms with Gasteiger partial charge in [0.2, 0.25) is 0 Å². The third-order valence-corrected chi connectivity index (χ3v) is 6.62. The molecule has 9 nitrogen and oxygen atoms in total. The van der Waals surface area contributed by atoms with Crippen molar-refractivity contribution in [3.63, 3.8) is 0 Å². The lowest BCUT2D eigenvalue weighted by atomic mass is 9.93. The zero-order chi connectivity index (χ0) is 25.2. The summed E-state index contributed by atoms with van der Waals surface area (Å²) in [5.41, 5.74) is 9.44. The first kappa shape index (κ1) is 23.7. The number of aliphatic hydroxyl groups excluding tert-OH is 1. The number of halogens is 1. The van der Waals surface area contributed by atoms with E-state index in [4.69, 9.17) is 15.6 Å². The lowest BCUT2D eigenvalue weighted by Gasteiger charge is -2.25. The lowest BCUT2D eigenvalue weighted by molar-refractivity contribution is 0.0947. The molecule has 1 saturated carbocycles. The number of hydrogen-bond acceptors (Lipinski definition) is 7. The van der Waals surface area contributed by atoms with E-state index in [1.807, 2.05) is 28.9 Å². The van der Waals surface area contributed by atoms with Crippen LogP contribution in [-0.2, 0) is 6.54 Å². The molecular weight excluding hydrogens is 463 g/mol. The summed E-state index contributed by atoms with van der Waals surface area (Å²) in [4.78, 5) is 21.2. The van der Waals surface area contributed by atoms with Gasteiger partial charge in [-0.3, -0.25) is 4.79 Å². The van der Waals surface area contributed by atoms with Gasteiger partial charge in [-0.1, -0.05) is 24.3 Å². The molecule has 0 atom stereocenters. The average Bonchev–Trinajstić information content (AvgIpc) is 3.29. The largest absolute Gasteiger partial charge is 0.496 e. The molecule has 0 radical (unpaired) electrons. The number of nitrogens with zero attached hydrogens (tertiary/aromatic N) is 4. The molecular formula is C26H27FN6O3. The minimum Gasteiger partial charge on any atom is -0.496 e. The molecule has 10 heteroatoms. The number of aromatic nitrogens is 4. The minimum absolute atomic E-state index is 0.133. The molecule has 1 fully saturated rings. The Morgan fingerprint density at radius 1 is 1.17 bits per heavy atom. The summed E-state index contributed by atoms with van der Waals surface area (Å²) in [6.07, 6.45) is 4.26. The van der Waals surface area contributed by atoms with E-state index in [1.165, 1.54) is 25.6 Å². The van der Waals surface area contributed by atoms with Crippen molar-refractivity contribution in [1.82, 2.24) is 25.1 Å². The van der Waals surface area contributed by atoms with Gasteiger partial charge in [0, 0.05) is 12.1 Å². The fraction of sp³-hybridized carbons (Fsp3) is 0.308. The van der Waals surface area contributed by atoms with E-state index in [9.17, 15) is 14.3 Å². The number of carbonyl (C=O) groups is 1. The predicted molar refractivity (Wildman–Crippen MR) is 133 cm³/mol. The summed E-state index contributed by atoms with van der Waals surface area (Å²) < 4.78 is 20.7. The van der Waals surface area contributed by atoms with Crippen LogP contribution in [0.1, 0.15) is 47.6 Å². The topological polar surface area (TPSA) is 128 Å². The Kier molecular flexibility index (Phi) is 6.51. The minimum atomic E-state index is -0.510. The van der Waals surface area contributed by atoms with Crippen LogP contribution >= 0.6 is 0 Å². The summed E-state index contributed by atoms with van der Waals surface area (Å²) in [6, 6.07) is 11.6. The van der Waals surface area contributed by atoms with Crippen molar-refractivity contribution in [2.24, 2.45) is 0 Å². The number of methoxy groups -OCH3 is 1. The third-order valence-electron chi connectivity index (χ3n) is 6.62. The van der Waals surface area contributed by atoms with Crippen LogP contribution in [0.3, 0.4) is 0 Å². The molecule has 5 rings (SSSR count). The van der Waals surface area contributed by atoms with E-state index in [-0.39, 0.29) is 24.3 Å². The number of nitrogens with one attached hydrogen (secondary N) is 1. The number of ether oxygens (including phenoxy) is 1. The van der Waals surface area contributed by atoms with Gasteiger partial charge in [0.25, 0.3) is 5.91 Å². The molecule has 1 aliphatic carbocycles. The standard InChI is InChI=1S/C26H27FN6O3/c1-36-21-11-6-17(27)12-20(21)26(35)29-13-15-2-4-16(5-3-15)23-22-24(28)30-14-31-25(22)33(32-23)18-7-9-19(34)10-8-18/h2-6,11-12,14,18-19,34H,7-10,13H2,1H3,(H,29,35)(H2,28,30,31). The summed E-state index contributed by atoms with van der Waals surface area (Å²) in [5.74, 6) is -0.274. The maximum absolute atomic E-state index is 13.6. The number of rotatable bonds is 6. The van der Waals surface area contributed by atoms with Crippen LogP contribution in [0.4, 0.5) is 10.2 Å². The van der Waals surface area contributed by atoms with Crippen molar-refractivity contribution in [1.29, 1.82) is 0 Å². The molecule has 36 heavy (non-hydrogen) atoms. The van der Waals surface area contributed by atoms with Crippen LogP contribution < -0.4 is 15.8 Å². The molecule has 1 amide bonds. The zero-order valence-corrected chi connectivity index (χ0v) is 19.8. The number of nitrogen functional groups attached to an aromatic ring is 1. The molecule has 0 spiro atoms. The number of carbonyl (C=O) groups excluding carboxylic acids is 1. The summed E-state index contributed by atoms with van der Waals surface area (Å²) >= 11 is 0. The van der Waals surface area contributed by atoms with Crippen molar-refractivity contribution < 1.29 is 19.0 Å². The Morgan fingerprint density at radius 3 is 2.64 bits per heavy atom. The van der Waals surface area contributed by atoms with Gasteiger partial charge >= 0.3 is 0 Å². The number of benzene rings is 2. The van der Waals surface area contributed by atoms with Crippen molar-refractivity contribution in [2.45, 2.75) is 44.4 Å². The van der Waals surface area contributed by atoms with Gasteiger partial charge in [0.15, 0.2) is 5.65 Å². The number of aliphatic hydroxyl groups is 1. The summed E-state index contributed by atoms with van der Waals surface area (Å²) in [6.45, 7) is 0.254. The van der Waals surface area contributed by atoms with Crippen LogP contribution in [-0.4, -0.2) is 44.0 Å². The van der Waals surface area contributed by atoms with Gasteiger partial charge in [0.05, 0.1) is 30.2 Å². The van der Waals surface area contributed by atoms with E-state index in [1.54, 1.807) is 0 Å². The van der Waals surface area contributed by atoms with Crippen LogP contribution in [0.15, 0.2) is 48.8 Å². The first-order chi connectivity index (χ1) is 17.4. The Morgan fingerprint density at radius 2 is 1.92 bits per heavy atom. The fourth-order valence-electron chi connectivity index (χ4n) is 4.67. The highest BCUT2D eigenvalue weighted by Gasteiger charge is 2.26. The molecule has 0 bridgehead atoms. The van der Waals surface area contributed by atoms with Gasteiger partial charge in [-0.15, -0.1) is 0 Å². The molecule has 2 aromatic carbocycles. The number of nitrogens with two attached hydrogens (primary N) is 1. The summed E-state index contributed by atoms with van der Waals surface area (Å²) in [5, 5.41) is 18.3. The predicted octanol–water partition coefficient (Wildman–Crippen LogP) is 3.63. The molecule has 0 saturated heterocycles. The Hall–Kier alpha value is -4.05. The Balaban J connectivity index is 1.37. The lowest BCUT2D eigenvalue weighted by Crippen LogP contribution is -2.23. The second kappa shape index (κ2) is 9.90. The second-order valence-corrected chi connectivity index (χ2v) is 8.94. The van der Waals surface area contributed by atoms with Crippen LogP contribution in [0.2, 0.25) is 0 Å². The van der Waals surface area contributed by atoms with E-state index in [0.29, 0.717) is 28.3 Å². The number of anilines is 1. The van der Waals surface area contributed by atoms with Crippen molar-refractivity contribution in [2.75, 3.05) is 12.8 Å². The van der Waals surface area contributed by atoms with E-state index in [0.717, 1.165) is 42.9 Å². The van der Waals surface area contributed by atoms with Crippen LogP contribution in [0.5, 0.6) is 5.75 Å². The van der Waals surface area contributed by atoms with Gasteiger partial charge in [-0.25, -0.2) is 19.0 Å². The van der Waals surface area contributed by atoms with E-state index < -0.39 is 11.7 Å². The SMILES string of the molecule is COc1ccc(F)cc1C(=O)NCc1ccc(-c2nn(C3CCC(O)CC3)c3ncnc(N)c23)cc1. The monoisotopic (exact) mass is 490 g/mol. The second-order valence-electron chi connectivity index (χ2n) is 8.94. The first-order valence-electron chi connectivity index (χ1n) is 11.8. The number of hydrogen-bond donors (Lipinski definition) is 3. The molecule has 0 unspecified atom stereocenters. The third kappa shape index (κ3) is 4.59. The normalized spacial score (nSPS) is 17.8. The van der Waals surface area contributed by atoms with Gasteiger partial charge in [-0.2, -0.15) is 5.10 Å². The van der Waals surface area contributed by atoms with Crippen LogP contribution in [0.25, 0.3) is 22.3 Å². The van der Waals surface area contributed by atoms with Gasteiger partial charge in [0.1, 0.15) is 29.4 Å². The van der Waals surface area contributed by atoms with Gasteiger partial charge in [-0.05, 0) is 49.4 Å². The molecule has 186 valence electrons. The van der Waals surface area contributed by atoms with Crippen molar-refractivity contribution in [3.05, 3.63) is 65.7 Å². The Bertz CT molecular complexity index is 1400. The Labute approximate surface area is 207 Å². The highest BCUT2D eigenvalue weighted by molar-refractivity contribution is 5.98. The molecule has 2 aromatic heterocycles. The highest BCUT2D eigenvalue weighted by atomic mass is 19.1. The molecule has 1 aliphatic rings. The first-order valence-corrected chi connectivity index (χ1v) is 11.8. The molecule has 0 aliphatic heterocycles. The maximum Gasteiger partial charge on any atom is 0.255 e. The smallest absolute Gasteiger partial charge is 0.255 e. The molecule has 2 heterocycles. The van der Waals surface area contributed by atoms with E-state index >= 15 is 0 Å². The fourth-order valence-corrected chi connectivity index (χ4v) is 4.67. The van der Waals surface area contributed by atoms with Crippen LogP contribution in [0, 0.1) is 5.82 Å². The van der Waals surface area contributed by atoms with E-state index in [2.05, 4.69) is 15.3 Å². The number of amides is 1. The summed E-state index contributed by atoms with van der Waals surface area (Å²) in [7, 11) is 1.43.